The minimum atomic E-state index is -1.15. The summed E-state index contributed by atoms with van der Waals surface area (Å²) in [6.07, 6.45) is 4.24. The molecule has 18 heavy (non-hydrogen) atoms. The van der Waals surface area contributed by atoms with E-state index < -0.39 is 11.4 Å². The van der Waals surface area contributed by atoms with Crippen LogP contribution in [0.1, 0.15) is 54.4 Å². The van der Waals surface area contributed by atoms with Crippen molar-refractivity contribution in [1.29, 1.82) is 0 Å². The van der Waals surface area contributed by atoms with Gasteiger partial charge >= 0.3 is 0 Å². The lowest BCUT2D eigenvalue weighted by Crippen LogP contribution is -2.35. The van der Waals surface area contributed by atoms with E-state index in [0.717, 1.165) is 12.5 Å². The fraction of sp³-hybridized carbons (Fsp3) is 0.929. The van der Waals surface area contributed by atoms with Gasteiger partial charge in [0.25, 0.3) is 0 Å². The molecule has 108 valence electrons. The Morgan fingerprint density at radius 3 is 2.17 bits per heavy atom. The molecule has 0 aromatic rings. The molecule has 0 spiro atoms. The maximum atomic E-state index is 11.8. The van der Waals surface area contributed by atoms with Gasteiger partial charge in [0, 0.05) is 12.6 Å². The van der Waals surface area contributed by atoms with Gasteiger partial charge in [0.05, 0.1) is 6.21 Å². The molecule has 2 unspecified atom stereocenters. The van der Waals surface area contributed by atoms with Crippen LogP contribution in [0.4, 0.5) is 0 Å². The SMILES string of the molecule is CCC(CC)CN(C)C(C)C=N[S+]([O-])C(C)(C)C. The summed E-state index contributed by atoms with van der Waals surface area (Å²) in [7, 11) is 2.11. The van der Waals surface area contributed by atoms with E-state index in [0.29, 0.717) is 0 Å². The van der Waals surface area contributed by atoms with Crippen LogP contribution < -0.4 is 0 Å². The average Bonchev–Trinajstić information content (AvgIpc) is 2.30. The highest BCUT2D eigenvalue weighted by molar-refractivity contribution is 7.91. The Hall–Kier alpha value is -0.0600. The van der Waals surface area contributed by atoms with E-state index in [1.165, 1.54) is 12.8 Å². The van der Waals surface area contributed by atoms with Crippen LogP contribution in [-0.4, -0.2) is 40.0 Å². The highest BCUT2D eigenvalue weighted by Crippen LogP contribution is 2.17. The Kier molecular flexibility index (Phi) is 8.15. The molecule has 0 amide bonds. The lowest BCUT2D eigenvalue weighted by Gasteiger charge is -2.26. The van der Waals surface area contributed by atoms with Gasteiger partial charge in [-0.25, -0.2) is 0 Å². The van der Waals surface area contributed by atoms with Gasteiger partial charge < -0.3 is 4.55 Å². The number of nitrogens with zero attached hydrogens (tertiary/aromatic N) is 2. The van der Waals surface area contributed by atoms with E-state index in [4.69, 9.17) is 0 Å². The molecule has 0 fully saturated rings. The van der Waals surface area contributed by atoms with Crippen molar-refractivity contribution in [2.24, 2.45) is 10.3 Å². The third-order valence-electron chi connectivity index (χ3n) is 3.29. The molecule has 0 N–H and O–H groups in total. The van der Waals surface area contributed by atoms with Crippen molar-refractivity contribution >= 4 is 17.6 Å². The summed E-state index contributed by atoms with van der Waals surface area (Å²) < 4.78 is 15.7. The zero-order valence-corrected chi connectivity index (χ0v) is 13.9. The molecule has 4 heteroatoms. The quantitative estimate of drug-likeness (QED) is 0.528. The van der Waals surface area contributed by atoms with E-state index in [2.05, 4.69) is 37.1 Å². The minimum Gasteiger partial charge on any atom is -0.591 e. The van der Waals surface area contributed by atoms with Gasteiger partial charge in [0.1, 0.15) is 16.1 Å². The Morgan fingerprint density at radius 1 is 1.28 bits per heavy atom. The topological polar surface area (TPSA) is 38.7 Å². The van der Waals surface area contributed by atoms with Gasteiger partial charge in [-0.1, -0.05) is 31.1 Å². The summed E-state index contributed by atoms with van der Waals surface area (Å²) in [5.41, 5.74) is 0. The first-order chi connectivity index (χ1) is 8.22. The van der Waals surface area contributed by atoms with Crippen molar-refractivity contribution in [1.82, 2.24) is 4.90 Å². The van der Waals surface area contributed by atoms with E-state index >= 15 is 0 Å². The predicted octanol–water partition coefficient (Wildman–Crippen LogP) is 3.28. The summed E-state index contributed by atoms with van der Waals surface area (Å²) in [5.74, 6) is 0.735. The summed E-state index contributed by atoms with van der Waals surface area (Å²) >= 11 is -1.15. The second-order valence-corrected chi connectivity index (χ2v) is 7.91. The van der Waals surface area contributed by atoms with Crippen LogP contribution in [0.5, 0.6) is 0 Å². The fourth-order valence-corrected chi connectivity index (χ4v) is 2.14. The highest BCUT2D eigenvalue weighted by atomic mass is 32.2. The van der Waals surface area contributed by atoms with Gasteiger partial charge in [-0.15, -0.1) is 0 Å². The molecule has 0 saturated heterocycles. The summed E-state index contributed by atoms with van der Waals surface area (Å²) in [4.78, 5) is 2.28. The zero-order valence-electron chi connectivity index (χ0n) is 13.1. The monoisotopic (exact) mass is 274 g/mol. The molecule has 0 heterocycles. The lowest BCUT2D eigenvalue weighted by atomic mass is 10.0. The third kappa shape index (κ3) is 6.76. The molecular weight excluding hydrogens is 244 g/mol. The number of hydrogen-bond donors (Lipinski definition) is 0. The van der Waals surface area contributed by atoms with Crippen LogP contribution in [0.3, 0.4) is 0 Å². The van der Waals surface area contributed by atoms with Crippen LogP contribution in [0, 0.1) is 5.92 Å². The Bertz CT molecular complexity index is 247. The largest absolute Gasteiger partial charge is 0.591 e. The van der Waals surface area contributed by atoms with E-state index in [-0.39, 0.29) is 10.8 Å². The normalized spacial score (nSPS) is 16.8. The van der Waals surface area contributed by atoms with Crippen LogP contribution in [0.25, 0.3) is 0 Å². The average molecular weight is 274 g/mol. The van der Waals surface area contributed by atoms with E-state index in [1.807, 2.05) is 27.0 Å². The van der Waals surface area contributed by atoms with Crippen LogP contribution in [-0.2, 0) is 11.4 Å². The fourth-order valence-electron chi connectivity index (χ4n) is 1.54. The standard InChI is InChI=1S/C14H30N2OS/c1-8-13(9-2)11-16(7)12(3)10-15-18(17)14(4,5)6/h10,12-13H,8-9,11H2,1-7H3. The molecule has 0 radical (unpaired) electrons. The molecule has 2 atom stereocenters. The smallest absolute Gasteiger partial charge is 0.144 e. The van der Waals surface area contributed by atoms with Crippen molar-refractivity contribution in [2.75, 3.05) is 13.6 Å². The van der Waals surface area contributed by atoms with Crippen molar-refractivity contribution in [3.8, 4) is 0 Å². The summed E-state index contributed by atoms with van der Waals surface area (Å²) in [6.45, 7) is 13.5. The maximum Gasteiger partial charge on any atom is 0.144 e. The molecule has 0 saturated carbocycles. The minimum absolute atomic E-state index is 0.233. The van der Waals surface area contributed by atoms with Crippen LogP contribution in [0.15, 0.2) is 4.40 Å². The van der Waals surface area contributed by atoms with Crippen molar-refractivity contribution in [2.45, 2.75) is 65.2 Å². The third-order valence-corrected chi connectivity index (χ3v) is 4.65. The van der Waals surface area contributed by atoms with Crippen molar-refractivity contribution in [3.63, 3.8) is 0 Å². The molecule has 0 aliphatic rings. The second kappa shape index (κ2) is 8.18. The zero-order chi connectivity index (χ0) is 14.3. The predicted molar refractivity (Wildman–Crippen MR) is 82.6 cm³/mol. The van der Waals surface area contributed by atoms with Gasteiger partial charge in [-0.05, 0) is 40.7 Å². The van der Waals surface area contributed by atoms with Gasteiger partial charge in [-0.2, -0.15) is 0 Å². The highest BCUT2D eigenvalue weighted by Gasteiger charge is 2.26. The molecular formula is C14H30N2OS. The maximum absolute atomic E-state index is 11.8. The molecule has 0 bridgehead atoms. The van der Waals surface area contributed by atoms with Crippen molar-refractivity contribution in [3.05, 3.63) is 0 Å². The second-order valence-electron chi connectivity index (χ2n) is 5.98. The van der Waals surface area contributed by atoms with Gasteiger partial charge in [0.15, 0.2) is 0 Å². The first-order valence-corrected chi connectivity index (χ1v) is 7.99. The molecule has 0 aliphatic heterocycles. The molecule has 0 rings (SSSR count). The Balaban J connectivity index is 4.31. The summed E-state index contributed by atoms with van der Waals surface area (Å²) in [6, 6.07) is 0.233. The van der Waals surface area contributed by atoms with E-state index in [1.54, 1.807) is 0 Å². The van der Waals surface area contributed by atoms with Gasteiger partial charge in [-0.3, -0.25) is 4.90 Å². The first kappa shape index (κ1) is 17.9. The number of hydrogen-bond acceptors (Lipinski definition) is 3. The Morgan fingerprint density at radius 2 is 1.78 bits per heavy atom. The molecule has 0 aliphatic carbocycles. The number of rotatable bonds is 7. The van der Waals surface area contributed by atoms with Crippen LogP contribution in [0.2, 0.25) is 0 Å². The molecule has 0 aromatic heterocycles. The van der Waals surface area contributed by atoms with Crippen molar-refractivity contribution < 1.29 is 4.55 Å². The lowest BCUT2D eigenvalue weighted by molar-refractivity contribution is 0.252. The molecule has 3 nitrogen and oxygen atoms in total. The first-order valence-electron chi connectivity index (χ1n) is 6.88. The van der Waals surface area contributed by atoms with E-state index in [9.17, 15) is 4.55 Å². The molecule has 0 aromatic carbocycles. The summed E-state index contributed by atoms with van der Waals surface area (Å²) in [5, 5.41) is 0. The van der Waals surface area contributed by atoms with Crippen LogP contribution >= 0.6 is 0 Å². The Labute approximate surface area is 116 Å². The van der Waals surface area contributed by atoms with Gasteiger partial charge in [0.2, 0.25) is 0 Å².